The predicted octanol–water partition coefficient (Wildman–Crippen LogP) is 3.77. The number of aryl methyl sites for hydroxylation is 2. The fourth-order valence-electron chi connectivity index (χ4n) is 1.56. The van der Waals surface area contributed by atoms with Crippen molar-refractivity contribution in [3.8, 4) is 0 Å². The van der Waals surface area contributed by atoms with E-state index in [0.717, 1.165) is 0 Å². The number of nitrogens with two attached hydrogens (primary N) is 1. The van der Waals surface area contributed by atoms with Crippen molar-refractivity contribution in [2.75, 3.05) is 0 Å². The summed E-state index contributed by atoms with van der Waals surface area (Å²) in [6, 6.07) is 6.60. The van der Waals surface area contributed by atoms with Crippen molar-refractivity contribution in [1.29, 1.82) is 0 Å². The first-order valence-corrected chi connectivity index (χ1v) is 5.15. The SMILES string of the molecule is Cc1ccc(C)c([C@@H](N)C(C)(C)C)c1.Cl. The van der Waals surface area contributed by atoms with E-state index < -0.39 is 0 Å². The Morgan fingerprint density at radius 1 is 1.13 bits per heavy atom. The molecule has 1 aromatic rings. The number of rotatable bonds is 1. The van der Waals surface area contributed by atoms with Gasteiger partial charge in [0.25, 0.3) is 0 Å². The maximum absolute atomic E-state index is 6.24. The minimum absolute atomic E-state index is 0. The van der Waals surface area contributed by atoms with Gasteiger partial charge in [0.2, 0.25) is 0 Å². The Labute approximate surface area is 99.5 Å². The first-order chi connectivity index (χ1) is 6.32. The van der Waals surface area contributed by atoms with E-state index in [1.54, 1.807) is 0 Å². The molecule has 1 atom stereocenters. The monoisotopic (exact) mass is 227 g/mol. The summed E-state index contributed by atoms with van der Waals surface area (Å²) < 4.78 is 0. The van der Waals surface area contributed by atoms with Gasteiger partial charge in [-0.1, -0.05) is 44.5 Å². The standard InChI is InChI=1S/C13H21N.ClH/c1-9-6-7-10(2)11(8-9)12(14)13(3,4)5;/h6-8,12H,14H2,1-5H3;1H/t12-;/m1./s1. The van der Waals surface area contributed by atoms with Crippen molar-refractivity contribution in [2.24, 2.45) is 11.1 Å². The molecule has 1 nitrogen and oxygen atoms in total. The van der Waals surface area contributed by atoms with Gasteiger partial charge in [-0.05, 0) is 30.4 Å². The number of hydrogen-bond acceptors (Lipinski definition) is 1. The molecule has 0 aliphatic rings. The zero-order valence-corrected chi connectivity index (χ0v) is 11.1. The molecule has 0 aliphatic heterocycles. The molecule has 0 bridgehead atoms. The van der Waals surface area contributed by atoms with Crippen LogP contribution in [-0.4, -0.2) is 0 Å². The van der Waals surface area contributed by atoms with Gasteiger partial charge in [-0.3, -0.25) is 0 Å². The fourth-order valence-corrected chi connectivity index (χ4v) is 1.56. The molecular weight excluding hydrogens is 206 g/mol. The van der Waals surface area contributed by atoms with E-state index in [1.165, 1.54) is 16.7 Å². The molecule has 0 spiro atoms. The highest BCUT2D eigenvalue weighted by atomic mass is 35.5. The van der Waals surface area contributed by atoms with Crippen LogP contribution in [0.25, 0.3) is 0 Å². The molecule has 0 radical (unpaired) electrons. The molecule has 1 rings (SSSR count). The Morgan fingerprint density at radius 3 is 2.13 bits per heavy atom. The van der Waals surface area contributed by atoms with Gasteiger partial charge >= 0.3 is 0 Å². The van der Waals surface area contributed by atoms with E-state index >= 15 is 0 Å². The maximum atomic E-state index is 6.24. The highest BCUT2D eigenvalue weighted by molar-refractivity contribution is 5.85. The van der Waals surface area contributed by atoms with E-state index in [-0.39, 0.29) is 23.9 Å². The van der Waals surface area contributed by atoms with E-state index in [1.807, 2.05) is 0 Å². The zero-order valence-electron chi connectivity index (χ0n) is 10.3. The van der Waals surface area contributed by atoms with Crippen LogP contribution < -0.4 is 5.73 Å². The smallest absolute Gasteiger partial charge is 0.0346 e. The average Bonchev–Trinajstić information content (AvgIpc) is 2.06. The quantitative estimate of drug-likeness (QED) is 0.777. The van der Waals surface area contributed by atoms with Crippen LogP contribution >= 0.6 is 12.4 Å². The topological polar surface area (TPSA) is 26.0 Å². The Hall–Kier alpha value is -0.530. The van der Waals surface area contributed by atoms with Crippen molar-refractivity contribution in [3.05, 3.63) is 34.9 Å². The minimum Gasteiger partial charge on any atom is -0.324 e. The highest BCUT2D eigenvalue weighted by Gasteiger charge is 2.23. The van der Waals surface area contributed by atoms with E-state index in [0.29, 0.717) is 0 Å². The van der Waals surface area contributed by atoms with Gasteiger partial charge in [-0.2, -0.15) is 0 Å². The third kappa shape index (κ3) is 3.51. The lowest BCUT2D eigenvalue weighted by Gasteiger charge is -2.28. The summed E-state index contributed by atoms with van der Waals surface area (Å²) in [6.07, 6.45) is 0. The van der Waals surface area contributed by atoms with Crippen LogP contribution in [0.15, 0.2) is 18.2 Å². The molecule has 0 saturated heterocycles. The normalized spacial score (nSPS) is 13.2. The van der Waals surface area contributed by atoms with Gasteiger partial charge in [0.1, 0.15) is 0 Å². The molecule has 15 heavy (non-hydrogen) atoms. The van der Waals surface area contributed by atoms with Gasteiger partial charge in [0.15, 0.2) is 0 Å². The summed E-state index contributed by atoms with van der Waals surface area (Å²) in [5.74, 6) is 0. The van der Waals surface area contributed by atoms with Crippen molar-refractivity contribution in [2.45, 2.75) is 40.7 Å². The van der Waals surface area contributed by atoms with E-state index in [2.05, 4.69) is 52.8 Å². The second kappa shape index (κ2) is 5.00. The second-order valence-electron chi connectivity index (χ2n) is 5.20. The van der Waals surface area contributed by atoms with Gasteiger partial charge in [0, 0.05) is 6.04 Å². The Balaban J connectivity index is 0.00000196. The summed E-state index contributed by atoms with van der Waals surface area (Å²) >= 11 is 0. The molecule has 0 aliphatic carbocycles. The Kier molecular flexibility index (Phi) is 4.82. The number of benzene rings is 1. The fraction of sp³-hybridized carbons (Fsp3) is 0.538. The summed E-state index contributed by atoms with van der Waals surface area (Å²) in [5.41, 5.74) is 10.2. The summed E-state index contributed by atoms with van der Waals surface area (Å²) in [4.78, 5) is 0. The lowest BCUT2D eigenvalue weighted by Crippen LogP contribution is -2.27. The van der Waals surface area contributed by atoms with Crippen molar-refractivity contribution in [1.82, 2.24) is 0 Å². The van der Waals surface area contributed by atoms with Gasteiger partial charge in [-0.25, -0.2) is 0 Å². The molecule has 0 fully saturated rings. The van der Waals surface area contributed by atoms with Crippen LogP contribution in [0.2, 0.25) is 0 Å². The third-order valence-electron chi connectivity index (χ3n) is 2.70. The average molecular weight is 228 g/mol. The lowest BCUT2D eigenvalue weighted by atomic mass is 9.81. The summed E-state index contributed by atoms with van der Waals surface area (Å²) in [5, 5.41) is 0. The van der Waals surface area contributed by atoms with Crippen molar-refractivity contribution in [3.63, 3.8) is 0 Å². The zero-order chi connectivity index (χ0) is 10.9. The summed E-state index contributed by atoms with van der Waals surface area (Å²) in [7, 11) is 0. The number of hydrogen-bond donors (Lipinski definition) is 1. The predicted molar refractivity (Wildman–Crippen MR) is 69.5 cm³/mol. The van der Waals surface area contributed by atoms with E-state index in [9.17, 15) is 0 Å². The number of halogens is 1. The molecule has 0 heterocycles. The molecule has 2 N–H and O–H groups in total. The summed E-state index contributed by atoms with van der Waals surface area (Å²) in [6.45, 7) is 10.8. The van der Waals surface area contributed by atoms with Gasteiger partial charge in [-0.15, -0.1) is 12.4 Å². The Bertz CT molecular complexity index is 326. The first-order valence-electron chi connectivity index (χ1n) is 5.15. The molecule has 0 saturated carbocycles. The van der Waals surface area contributed by atoms with Crippen LogP contribution in [-0.2, 0) is 0 Å². The molecule has 0 amide bonds. The molecule has 2 heteroatoms. The molecule has 86 valence electrons. The van der Waals surface area contributed by atoms with Crippen molar-refractivity contribution < 1.29 is 0 Å². The van der Waals surface area contributed by atoms with Crippen LogP contribution in [0.3, 0.4) is 0 Å². The Morgan fingerprint density at radius 2 is 1.67 bits per heavy atom. The minimum atomic E-state index is 0. The molecule has 0 aromatic heterocycles. The third-order valence-corrected chi connectivity index (χ3v) is 2.70. The molecule has 1 aromatic carbocycles. The molecular formula is C13H22ClN. The second-order valence-corrected chi connectivity index (χ2v) is 5.20. The first kappa shape index (κ1) is 14.5. The van der Waals surface area contributed by atoms with Crippen LogP contribution in [0.5, 0.6) is 0 Å². The maximum Gasteiger partial charge on any atom is 0.0346 e. The van der Waals surface area contributed by atoms with Gasteiger partial charge in [0.05, 0.1) is 0 Å². The van der Waals surface area contributed by atoms with Crippen LogP contribution in [0.4, 0.5) is 0 Å². The van der Waals surface area contributed by atoms with E-state index in [4.69, 9.17) is 5.73 Å². The van der Waals surface area contributed by atoms with Crippen molar-refractivity contribution >= 4 is 12.4 Å². The van der Waals surface area contributed by atoms with Gasteiger partial charge < -0.3 is 5.73 Å². The highest BCUT2D eigenvalue weighted by Crippen LogP contribution is 2.32. The van der Waals surface area contributed by atoms with Crippen LogP contribution in [0.1, 0.15) is 43.5 Å². The largest absolute Gasteiger partial charge is 0.324 e. The molecule has 0 unspecified atom stereocenters. The van der Waals surface area contributed by atoms with Crippen LogP contribution in [0, 0.1) is 19.3 Å². The lowest BCUT2D eigenvalue weighted by molar-refractivity contribution is 0.326.